The first-order chi connectivity index (χ1) is 7.60. The van der Waals surface area contributed by atoms with Crippen molar-refractivity contribution in [3.8, 4) is 5.75 Å². The van der Waals surface area contributed by atoms with Crippen molar-refractivity contribution in [2.24, 2.45) is 0 Å². The Morgan fingerprint density at radius 1 is 0.765 bits per heavy atom. The number of aromatic hydroxyl groups is 1. The molecule has 0 atom stereocenters. The minimum Gasteiger partial charge on any atom is -0.508 e. The van der Waals surface area contributed by atoms with Crippen molar-refractivity contribution < 1.29 is 5.11 Å². The Labute approximate surface area is 125 Å². The molecule has 1 nitrogen and oxygen atoms in total. The van der Waals surface area contributed by atoms with Crippen molar-refractivity contribution in [2.75, 3.05) is 0 Å². The van der Waals surface area contributed by atoms with Crippen molar-refractivity contribution >= 4 is 29.6 Å². The average Bonchev–Trinajstić information content (AvgIpc) is 2.31. The summed E-state index contributed by atoms with van der Waals surface area (Å²) >= 11 is 0. The van der Waals surface area contributed by atoms with Gasteiger partial charge in [-0.3, -0.25) is 0 Å². The fourth-order valence-corrected chi connectivity index (χ4v) is 1.90. The maximum atomic E-state index is 9.29. The van der Waals surface area contributed by atoms with E-state index in [1.807, 2.05) is 18.2 Å². The molecular formula is C15H16NaO. The number of benzene rings is 2. The van der Waals surface area contributed by atoms with Gasteiger partial charge in [0.25, 0.3) is 0 Å². The second-order valence-electron chi connectivity index (χ2n) is 4.54. The fraction of sp³-hybridized carbons (Fsp3) is 0.200. The SMILES string of the molecule is CC(C)(c1ccccc1)c1ccc(O)cc1.[Na]. The summed E-state index contributed by atoms with van der Waals surface area (Å²) in [6, 6.07) is 17.8. The summed E-state index contributed by atoms with van der Waals surface area (Å²) < 4.78 is 0. The monoisotopic (exact) mass is 235 g/mol. The number of hydrogen-bond acceptors (Lipinski definition) is 1. The van der Waals surface area contributed by atoms with Gasteiger partial charge in [-0.2, -0.15) is 0 Å². The first kappa shape index (κ1) is 14.3. The predicted octanol–water partition coefficient (Wildman–Crippen LogP) is 3.34. The first-order valence-electron chi connectivity index (χ1n) is 5.46. The van der Waals surface area contributed by atoms with Crippen LogP contribution in [0.4, 0.5) is 0 Å². The van der Waals surface area contributed by atoms with Gasteiger partial charge in [0, 0.05) is 35.0 Å². The molecule has 0 spiro atoms. The van der Waals surface area contributed by atoms with Crippen molar-refractivity contribution in [1.29, 1.82) is 0 Å². The van der Waals surface area contributed by atoms with Crippen LogP contribution in [-0.4, -0.2) is 34.7 Å². The van der Waals surface area contributed by atoms with Gasteiger partial charge in [-0.15, -0.1) is 0 Å². The van der Waals surface area contributed by atoms with Crippen molar-refractivity contribution in [2.45, 2.75) is 19.3 Å². The number of phenolic OH excluding ortho intramolecular Hbond substituents is 1. The molecule has 0 fully saturated rings. The third-order valence-corrected chi connectivity index (χ3v) is 3.08. The number of phenols is 1. The molecule has 1 N–H and O–H groups in total. The van der Waals surface area contributed by atoms with Crippen LogP contribution in [0.5, 0.6) is 5.75 Å². The summed E-state index contributed by atoms with van der Waals surface area (Å²) in [5, 5.41) is 9.29. The number of hydrogen-bond donors (Lipinski definition) is 1. The zero-order valence-corrected chi connectivity index (χ0v) is 12.6. The van der Waals surface area contributed by atoms with Gasteiger partial charge in [-0.25, -0.2) is 0 Å². The van der Waals surface area contributed by atoms with E-state index in [2.05, 4.69) is 38.1 Å². The second kappa shape index (κ2) is 5.72. The van der Waals surface area contributed by atoms with Gasteiger partial charge in [0.1, 0.15) is 5.75 Å². The topological polar surface area (TPSA) is 20.2 Å². The molecule has 0 aliphatic heterocycles. The molecule has 0 heterocycles. The van der Waals surface area contributed by atoms with E-state index in [4.69, 9.17) is 0 Å². The molecule has 0 amide bonds. The second-order valence-corrected chi connectivity index (χ2v) is 4.54. The minimum absolute atomic E-state index is 0. The van der Waals surface area contributed by atoms with Crippen LogP contribution >= 0.6 is 0 Å². The Morgan fingerprint density at radius 3 is 1.76 bits per heavy atom. The molecular weight excluding hydrogens is 219 g/mol. The smallest absolute Gasteiger partial charge is 0.115 e. The molecule has 0 saturated carbocycles. The predicted molar refractivity (Wildman–Crippen MR) is 72.4 cm³/mol. The Hall–Kier alpha value is -0.760. The Balaban J connectivity index is 0.00000144. The maximum Gasteiger partial charge on any atom is 0.115 e. The standard InChI is InChI=1S/C15H16O.Na/c1-15(2,12-6-4-3-5-7-12)13-8-10-14(16)11-9-13;/h3-11,16H,1-2H3;. The van der Waals surface area contributed by atoms with Crippen LogP contribution in [0.1, 0.15) is 25.0 Å². The number of rotatable bonds is 2. The van der Waals surface area contributed by atoms with Gasteiger partial charge in [-0.05, 0) is 23.3 Å². The van der Waals surface area contributed by atoms with E-state index in [1.54, 1.807) is 12.1 Å². The van der Waals surface area contributed by atoms with Gasteiger partial charge in [0.15, 0.2) is 0 Å². The molecule has 2 aromatic carbocycles. The molecule has 83 valence electrons. The molecule has 2 aromatic rings. The zero-order valence-electron chi connectivity index (χ0n) is 10.6. The summed E-state index contributed by atoms with van der Waals surface area (Å²) in [7, 11) is 0. The fourth-order valence-electron chi connectivity index (χ4n) is 1.90. The van der Waals surface area contributed by atoms with Gasteiger partial charge < -0.3 is 5.11 Å². The van der Waals surface area contributed by atoms with Crippen LogP contribution in [0, 0.1) is 0 Å². The van der Waals surface area contributed by atoms with E-state index in [9.17, 15) is 5.11 Å². The van der Waals surface area contributed by atoms with Crippen molar-refractivity contribution in [3.63, 3.8) is 0 Å². The molecule has 0 unspecified atom stereocenters. The molecule has 2 rings (SSSR count). The van der Waals surface area contributed by atoms with Gasteiger partial charge >= 0.3 is 0 Å². The molecule has 0 aromatic heterocycles. The molecule has 0 saturated heterocycles. The van der Waals surface area contributed by atoms with E-state index < -0.39 is 0 Å². The third kappa shape index (κ3) is 3.12. The molecule has 0 aliphatic carbocycles. The maximum absolute atomic E-state index is 9.29. The summed E-state index contributed by atoms with van der Waals surface area (Å²) in [6.07, 6.45) is 0. The summed E-state index contributed by atoms with van der Waals surface area (Å²) in [6.45, 7) is 4.38. The van der Waals surface area contributed by atoms with E-state index in [1.165, 1.54) is 11.1 Å². The molecule has 0 aliphatic rings. The van der Waals surface area contributed by atoms with Gasteiger partial charge in [-0.1, -0.05) is 56.3 Å². The Kier molecular flexibility index (Phi) is 4.81. The molecule has 2 heteroatoms. The van der Waals surface area contributed by atoms with Crippen LogP contribution in [-0.2, 0) is 5.41 Å². The summed E-state index contributed by atoms with van der Waals surface area (Å²) in [5.74, 6) is 0.313. The molecule has 17 heavy (non-hydrogen) atoms. The van der Waals surface area contributed by atoms with Crippen LogP contribution < -0.4 is 0 Å². The van der Waals surface area contributed by atoms with Crippen LogP contribution in [0.25, 0.3) is 0 Å². The Morgan fingerprint density at radius 2 is 1.24 bits per heavy atom. The van der Waals surface area contributed by atoms with Crippen LogP contribution in [0.2, 0.25) is 0 Å². The third-order valence-electron chi connectivity index (χ3n) is 3.08. The van der Waals surface area contributed by atoms with Gasteiger partial charge in [0.2, 0.25) is 0 Å². The summed E-state index contributed by atoms with van der Waals surface area (Å²) in [5.41, 5.74) is 2.45. The minimum atomic E-state index is -0.0328. The zero-order chi connectivity index (χ0) is 11.6. The van der Waals surface area contributed by atoms with Gasteiger partial charge in [0.05, 0.1) is 0 Å². The van der Waals surface area contributed by atoms with E-state index in [0.717, 1.165) is 0 Å². The van der Waals surface area contributed by atoms with E-state index in [0.29, 0.717) is 5.75 Å². The average molecular weight is 235 g/mol. The largest absolute Gasteiger partial charge is 0.508 e. The summed E-state index contributed by atoms with van der Waals surface area (Å²) in [4.78, 5) is 0. The Bertz CT molecular complexity index is 460. The van der Waals surface area contributed by atoms with Crippen molar-refractivity contribution in [3.05, 3.63) is 65.7 Å². The van der Waals surface area contributed by atoms with Crippen LogP contribution in [0.3, 0.4) is 0 Å². The first-order valence-corrected chi connectivity index (χ1v) is 5.46. The normalized spacial score (nSPS) is 10.7. The van der Waals surface area contributed by atoms with Crippen molar-refractivity contribution in [1.82, 2.24) is 0 Å². The van der Waals surface area contributed by atoms with E-state index in [-0.39, 0.29) is 35.0 Å². The molecule has 0 bridgehead atoms. The van der Waals surface area contributed by atoms with Crippen LogP contribution in [0.15, 0.2) is 54.6 Å². The molecule has 1 radical (unpaired) electrons. The van der Waals surface area contributed by atoms with E-state index >= 15 is 0 Å². The quantitative estimate of drug-likeness (QED) is 0.791.